The molecule has 22 heavy (non-hydrogen) atoms. The summed E-state index contributed by atoms with van der Waals surface area (Å²) < 4.78 is 0. The van der Waals surface area contributed by atoms with E-state index in [0.29, 0.717) is 6.42 Å². The summed E-state index contributed by atoms with van der Waals surface area (Å²) in [7, 11) is 1.67. The predicted octanol–water partition coefficient (Wildman–Crippen LogP) is 4.15. The third-order valence-electron chi connectivity index (χ3n) is 3.86. The lowest BCUT2D eigenvalue weighted by molar-refractivity contribution is -0.120. The van der Waals surface area contributed by atoms with Crippen LogP contribution >= 0.6 is 0 Å². The molecule has 114 valence electrons. The highest BCUT2D eigenvalue weighted by Crippen LogP contribution is 2.17. The van der Waals surface area contributed by atoms with Crippen LogP contribution in [-0.4, -0.2) is 13.0 Å². The number of rotatable bonds is 5. The average molecular weight is 293 g/mol. The van der Waals surface area contributed by atoms with Crippen LogP contribution in [0.2, 0.25) is 0 Å². The molecular weight excluding hydrogens is 270 g/mol. The van der Waals surface area contributed by atoms with E-state index in [1.54, 1.807) is 7.05 Å². The molecule has 0 atom stereocenters. The van der Waals surface area contributed by atoms with E-state index in [1.807, 2.05) is 6.07 Å². The lowest BCUT2D eigenvalue weighted by Crippen LogP contribution is -2.17. The van der Waals surface area contributed by atoms with Gasteiger partial charge in [-0.2, -0.15) is 0 Å². The molecule has 0 fully saturated rings. The standard InChI is InChI=1S/C20H23NO/c1-15-6-4-7-16(2)19(15)12-10-17-8-5-9-18(14-17)11-13-20(22)21-3/h4-10,12,14H,11,13H2,1-3H3,(H,21,22). The number of benzene rings is 2. The van der Waals surface area contributed by atoms with Crippen LogP contribution in [0.4, 0.5) is 0 Å². The zero-order chi connectivity index (χ0) is 15.9. The molecule has 1 N–H and O–H groups in total. The Labute approximate surface area is 132 Å². The van der Waals surface area contributed by atoms with Crippen molar-refractivity contribution < 1.29 is 4.79 Å². The summed E-state index contributed by atoms with van der Waals surface area (Å²) in [4.78, 5) is 11.3. The number of hydrogen-bond donors (Lipinski definition) is 1. The summed E-state index contributed by atoms with van der Waals surface area (Å²) in [5.74, 6) is 0.0801. The largest absolute Gasteiger partial charge is 0.359 e. The van der Waals surface area contributed by atoms with E-state index in [1.165, 1.54) is 22.3 Å². The minimum atomic E-state index is 0.0801. The van der Waals surface area contributed by atoms with Crippen molar-refractivity contribution in [3.8, 4) is 0 Å². The van der Waals surface area contributed by atoms with Gasteiger partial charge in [0.15, 0.2) is 0 Å². The van der Waals surface area contributed by atoms with Crippen LogP contribution in [0.15, 0.2) is 42.5 Å². The first-order chi connectivity index (χ1) is 10.6. The van der Waals surface area contributed by atoms with Gasteiger partial charge in [0.2, 0.25) is 5.91 Å². The first kappa shape index (κ1) is 16.0. The predicted molar refractivity (Wildman–Crippen MR) is 93.7 cm³/mol. The molecule has 2 rings (SSSR count). The van der Waals surface area contributed by atoms with Crippen LogP contribution in [0.3, 0.4) is 0 Å². The average Bonchev–Trinajstić information content (AvgIpc) is 2.52. The first-order valence-corrected chi connectivity index (χ1v) is 7.64. The van der Waals surface area contributed by atoms with Gasteiger partial charge in [0.25, 0.3) is 0 Å². The molecule has 0 spiro atoms. The Balaban J connectivity index is 2.13. The van der Waals surface area contributed by atoms with Crippen molar-refractivity contribution >= 4 is 18.1 Å². The first-order valence-electron chi connectivity index (χ1n) is 7.64. The van der Waals surface area contributed by atoms with E-state index in [9.17, 15) is 4.79 Å². The van der Waals surface area contributed by atoms with Gasteiger partial charge in [-0.3, -0.25) is 4.79 Å². The maximum atomic E-state index is 11.3. The third kappa shape index (κ3) is 4.32. The molecule has 0 unspecified atom stereocenters. The SMILES string of the molecule is CNC(=O)CCc1cccc(C=Cc2c(C)cccc2C)c1. The zero-order valence-corrected chi connectivity index (χ0v) is 13.5. The third-order valence-corrected chi connectivity index (χ3v) is 3.86. The summed E-state index contributed by atoms with van der Waals surface area (Å²) >= 11 is 0. The Morgan fingerprint density at radius 1 is 1.05 bits per heavy atom. The van der Waals surface area contributed by atoms with Gasteiger partial charge in [-0.15, -0.1) is 0 Å². The Morgan fingerprint density at radius 2 is 1.73 bits per heavy atom. The van der Waals surface area contributed by atoms with E-state index in [-0.39, 0.29) is 5.91 Å². The fraction of sp³-hybridized carbons (Fsp3) is 0.250. The molecule has 0 heterocycles. The number of amides is 1. The van der Waals surface area contributed by atoms with E-state index < -0.39 is 0 Å². The quantitative estimate of drug-likeness (QED) is 0.824. The van der Waals surface area contributed by atoms with Gasteiger partial charge in [0, 0.05) is 13.5 Å². The van der Waals surface area contributed by atoms with Gasteiger partial charge in [0.1, 0.15) is 0 Å². The number of aryl methyl sites for hydroxylation is 3. The van der Waals surface area contributed by atoms with Crippen LogP contribution in [0.25, 0.3) is 12.2 Å². The molecule has 2 heteroatoms. The molecule has 0 aliphatic rings. The highest BCUT2D eigenvalue weighted by Gasteiger charge is 2.01. The fourth-order valence-corrected chi connectivity index (χ4v) is 2.50. The number of carbonyl (C=O) groups is 1. The molecule has 0 aromatic heterocycles. The van der Waals surface area contributed by atoms with Crippen LogP contribution in [-0.2, 0) is 11.2 Å². The lowest BCUT2D eigenvalue weighted by atomic mass is 10.0. The van der Waals surface area contributed by atoms with Gasteiger partial charge < -0.3 is 5.32 Å². The van der Waals surface area contributed by atoms with Gasteiger partial charge in [-0.05, 0) is 48.1 Å². The highest BCUT2D eigenvalue weighted by molar-refractivity contribution is 5.76. The second-order valence-electron chi connectivity index (χ2n) is 5.56. The molecule has 0 aliphatic heterocycles. The molecule has 0 saturated heterocycles. The fourth-order valence-electron chi connectivity index (χ4n) is 2.50. The molecule has 1 amide bonds. The summed E-state index contributed by atoms with van der Waals surface area (Å²) in [6.07, 6.45) is 5.60. The minimum absolute atomic E-state index is 0.0801. The van der Waals surface area contributed by atoms with E-state index in [0.717, 1.165) is 12.0 Å². The van der Waals surface area contributed by atoms with Crippen LogP contribution < -0.4 is 5.32 Å². The molecule has 0 radical (unpaired) electrons. The van der Waals surface area contributed by atoms with E-state index >= 15 is 0 Å². The monoisotopic (exact) mass is 293 g/mol. The highest BCUT2D eigenvalue weighted by atomic mass is 16.1. The number of hydrogen-bond acceptors (Lipinski definition) is 1. The molecular formula is C20H23NO. The maximum absolute atomic E-state index is 11.3. The molecule has 2 aromatic carbocycles. The van der Waals surface area contributed by atoms with Gasteiger partial charge in [-0.25, -0.2) is 0 Å². The smallest absolute Gasteiger partial charge is 0.220 e. The van der Waals surface area contributed by atoms with Crippen molar-refractivity contribution in [1.82, 2.24) is 5.32 Å². The van der Waals surface area contributed by atoms with E-state index in [4.69, 9.17) is 0 Å². The summed E-state index contributed by atoms with van der Waals surface area (Å²) in [5.41, 5.74) is 6.20. The minimum Gasteiger partial charge on any atom is -0.359 e. The Kier molecular flexibility index (Phi) is 5.54. The lowest BCUT2D eigenvalue weighted by Gasteiger charge is -2.05. The van der Waals surface area contributed by atoms with E-state index in [2.05, 4.69) is 67.7 Å². The van der Waals surface area contributed by atoms with Crippen molar-refractivity contribution in [2.45, 2.75) is 26.7 Å². The Bertz CT molecular complexity index is 666. The second kappa shape index (κ2) is 7.60. The van der Waals surface area contributed by atoms with Crippen LogP contribution in [0.1, 0.15) is 34.2 Å². The van der Waals surface area contributed by atoms with Crippen molar-refractivity contribution in [1.29, 1.82) is 0 Å². The van der Waals surface area contributed by atoms with Gasteiger partial charge >= 0.3 is 0 Å². The van der Waals surface area contributed by atoms with Crippen molar-refractivity contribution in [2.75, 3.05) is 7.05 Å². The van der Waals surface area contributed by atoms with Crippen molar-refractivity contribution in [3.05, 3.63) is 70.3 Å². The Morgan fingerprint density at radius 3 is 2.41 bits per heavy atom. The summed E-state index contributed by atoms with van der Waals surface area (Å²) in [6.45, 7) is 4.26. The summed E-state index contributed by atoms with van der Waals surface area (Å²) in [6, 6.07) is 14.7. The topological polar surface area (TPSA) is 29.1 Å². The zero-order valence-electron chi connectivity index (χ0n) is 13.5. The van der Waals surface area contributed by atoms with Gasteiger partial charge in [0.05, 0.1) is 0 Å². The van der Waals surface area contributed by atoms with Gasteiger partial charge in [-0.1, -0.05) is 54.6 Å². The molecule has 0 saturated carbocycles. The van der Waals surface area contributed by atoms with Crippen LogP contribution in [0, 0.1) is 13.8 Å². The molecule has 2 aromatic rings. The normalized spacial score (nSPS) is 10.9. The number of carbonyl (C=O) groups excluding carboxylic acids is 1. The van der Waals surface area contributed by atoms with Crippen molar-refractivity contribution in [3.63, 3.8) is 0 Å². The Hall–Kier alpha value is -2.35. The second-order valence-corrected chi connectivity index (χ2v) is 5.56. The number of nitrogens with one attached hydrogen (secondary N) is 1. The molecule has 0 bridgehead atoms. The molecule has 2 nitrogen and oxygen atoms in total. The molecule has 0 aliphatic carbocycles. The maximum Gasteiger partial charge on any atom is 0.220 e. The van der Waals surface area contributed by atoms with Crippen molar-refractivity contribution in [2.24, 2.45) is 0 Å². The van der Waals surface area contributed by atoms with Crippen LogP contribution in [0.5, 0.6) is 0 Å². The summed E-state index contributed by atoms with van der Waals surface area (Å²) in [5, 5.41) is 2.66.